The van der Waals surface area contributed by atoms with E-state index in [1.165, 1.54) is 16.4 Å². The number of halogens is 1. The highest BCUT2D eigenvalue weighted by atomic mass is 32.2. The van der Waals surface area contributed by atoms with E-state index in [0.717, 1.165) is 17.8 Å². The molecular weight excluding hydrogens is 381 g/mol. The lowest BCUT2D eigenvalue weighted by Crippen LogP contribution is -2.55. The molecule has 2 aromatic carbocycles. The minimum atomic E-state index is -3.66. The van der Waals surface area contributed by atoms with Gasteiger partial charge in [-0.2, -0.15) is 4.31 Å². The van der Waals surface area contributed by atoms with Crippen LogP contribution in [-0.2, 0) is 14.8 Å². The van der Waals surface area contributed by atoms with Crippen molar-refractivity contribution in [3.05, 3.63) is 60.4 Å². The number of carbonyl (C=O) groups excluding carboxylic acids is 1. The Morgan fingerprint density at radius 1 is 1.00 bits per heavy atom. The van der Waals surface area contributed by atoms with Gasteiger partial charge in [0, 0.05) is 38.9 Å². The number of anilines is 1. The third-order valence-corrected chi connectivity index (χ3v) is 7.02. The standard InChI is InChI=1S/C20H24FN3O3S/c1-16(20(25)22(2)18-6-4-3-5-7-18)23-12-14-24(15-13-23)28(26,27)19-10-8-17(21)9-11-19/h3-11,16H,12-15H2,1-2H3/t16-/m1/s1. The highest BCUT2D eigenvalue weighted by Gasteiger charge is 2.32. The van der Waals surface area contributed by atoms with Gasteiger partial charge in [-0.3, -0.25) is 9.69 Å². The second kappa shape index (κ2) is 8.38. The molecule has 2 aromatic rings. The maximum atomic E-state index is 13.1. The van der Waals surface area contributed by atoms with E-state index in [-0.39, 0.29) is 29.9 Å². The number of hydrogen-bond donors (Lipinski definition) is 0. The molecule has 1 atom stereocenters. The summed E-state index contributed by atoms with van der Waals surface area (Å²) in [4.78, 5) is 16.5. The fourth-order valence-corrected chi connectivity index (χ4v) is 4.72. The number of carbonyl (C=O) groups is 1. The number of nitrogens with zero attached hydrogens (tertiary/aromatic N) is 3. The Morgan fingerprint density at radius 2 is 1.57 bits per heavy atom. The second-order valence-corrected chi connectivity index (χ2v) is 8.74. The molecular formula is C20H24FN3O3S. The number of rotatable bonds is 5. The molecule has 0 N–H and O–H groups in total. The number of piperazine rings is 1. The van der Waals surface area contributed by atoms with Crippen molar-refractivity contribution in [2.75, 3.05) is 38.1 Å². The van der Waals surface area contributed by atoms with Crippen molar-refractivity contribution in [1.29, 1.82) is 0 Å². The van der Waals surface area contributed by atoms with Crippen molar-refractivity contribution in [3.8, 4) is 0 Å². The van der Waals surface area contributed by atoms with Gasteiger partial charge in [-0.05, 0) is 43.3 Å². The summed E-state index contributed by atoms with van der Waals surface area (Å²) in [6.45, 7) is 3.32. The van der Waals surface area contributed by atoms with Crippen LogP contribution in [0.3, 0.4) is 0 Å². The maximum Gasteiger partial charge on any atom is 0.243 e. The smallest absolute Gasteiger partial charge is 0.243 e. The molecule has 8 heteroatoms. The minimum absolute atomic E-state index is 0.0407. The van der Waals surface area contributed by atoms with Gasteiger partial charge in [0.05, 0.1) is 10.9 Å². The molecule has 3 rings (SSSR count). The SMILES string of the molecule is C[C@H](C(=O)N(C)c1ccccc1)N1CCN(S(=O)(=O)c2ccc(F)cc2)CC1. The van der Waals surface area contributed by atoms with Gasteiger partial charge in [0.2, 0.25) is 15.9 Å². The normalized spacial score (nSPS) is 17.2. The highest BCUT2D eigenvalue weighted by molar-refractivity contribution is 7.89. The van der Waals surface area contributed by atoms with Gasteiger partial charge >= 0.3 is 0 Å². The van der Waals surface area contributed by atoms with E-state index in [0.29, 0.717) is 13.1 Å². The molecule has 1 saturated heterocycles. The van der Waals surface area contributed by atoms with Crippen LogP contribution < -0.4 is 4.90 Å². The number of sulfonamides is 1. The Hall–Kier alpha value is -2.29. The van der Waals surface area contributed by atoms with Gasteiger partial charge in [0.25, 0.3) is 0 Å². The topological polar surface area (TPSA) is 60.9 Å². The molecule has 1 heterocycles. The average Bonchev–Trinajstić information content (AvgIpc) is 2.73. The van der Waals surface area contributed by atoms with Crippen LogP contribution in [0, 0.1) is 5.82 Å². The van der Waals surface area contributed by atoms with Crippen LogP contribution >= 0.6 is 0 Å². The number of para-hydroxylation sites is 1. The Balaban J connectivity index is 1.63. The number of likely N-dealkylation sites (N-methyl/N-ethyl adjacent to an activating group) is 1. The molecule has 0 radical (unpaired) electrons. The predicted octanol–water partition coefficient (Wildman–Crippen LogP) is 2.18. The van der Waals surface area contributed by atoms with Crippen molar-refractivity contribution >= 4 is 21.6 Å². The van der Waals surface area contributed by atoms with Crippen LogP contribution in [-0.4, -0.2) is 62.8 Å². The lowest BCUT2D eigenvalue weighted by Gasteiger charge is -2.37. The fraction of sp³-hybridized carbons (Fsp3) is 0.350. The van der Waals surface area contributed by atoms with Gasteiger partial charge in [-0.25, -0.2) is 12.8 Å². The van der Waals surface area contributed by atoms with Crippen molar-refractivity contribution in [3.63, 3.8) is 0 Å². The summed E-state index contributed by atoms with van der Waals surface area (Å²) in [5.74, 6) is -0.514. The van der Waals surface area contributed by atoms with Gasteiger partial charge in [0.15, 0.2) is 0 Å². The van der Waals surface area contributed by atoms with E-state index in [1.807, 2.05) is 42.2 Å². The third-order valence-electron chi connectivity index (χ3n) is 5.10. The summed E-state index contributed by atoms with van der Waals surface area (Å²) in [5, 5.41) is 0. The quantitative estimate of drug-likeness (QED) is 0.765. The monoisotopic (exact) mass is 405 g/mol. The van der Waals surface area contributed by atoms with Gasteiger partial charge in [-0.15, -0.1) is 0 Å². The summed E-state index contributed by atoms with van der Waals surface area (Å²) in [5.41, 5.74) is 0.817. The summed E-state index contributed by atoms with van der Waals surface area (Å²) in [7, 11) is -1.92. The van der Waals surface area contributed by atoms with Crippen molar-refractivity contribution in [2.45, 2.75) is 17.9 Å². The first-order valence-corrected chi connectivity index (χ1v) is 10.6. The molecule has 0 saturated carbocycles. The first-order chi connectivity index (χ1) is 13.3. The van der Waals surface area contributed by atoms with E-state index < -0.39 is 15.8 Å². The van der Waals surface area contributed by atoms with E-state index in [1.54, 1.807) is 11.9 Å². The summed E-state index contributed by atoms with van der Waals surface area (Å²) in [6.07, 6.45) is 0. The maximum absolute atomic E-state index is 13.1. The third kappa shape index (κ3) is 4.24. The first-order valence-electron chi connectivity index (χ1n) is 9.13. The second-order valence-electron chi connectivity index (χ2n) is 6.80. The Morgan fingerprint density at radius 3 is 2.14 bits per heavy atom. The van der Waals surface area contributed by atoms with E-state index >= 15 is 0 Å². The lowest BCUT2D eigenvalue weighted by atomic mass is 10.2. The Bertz CT molecular complexity index is 911. The van der Waals surface area contributed by atoms with Gasteiger partial charge in [0.1, 0.15) is 5.82 Å². The lowest BCUT2D eigenvalue weighted by molar-refractivity contribution is -0.123. The first kappa shape index (κ1) is 20.4. The van der Waals surface area contributed by atoms with Crippen LogP contribution in [0.4, 0.5) is 10.1 Å². The van der Waals surface area contributed by atoms with E-state index in [4.69, 9.17) is 0 Å². The molecule has 6 nitrogen and oxygen atoms in total. The van der Waals surface area contributed by atoms with Crippen molar-refractivity contribution in [1.82, 2.24) is 9.21 Å². The Labute approximate surface area is 165 Å². The summed E-state index contributed by atoms with van der Waals surface area (Å²) in [6, 6.07) is 13.9. The number of benzene rings is 2. The molecule has 28 heavy (non-hydrogen) atoms. The highest BCUT2D eigenvalue weighted by Crippen LogP contribution is 2.20. The molecule has 1 aliphatic heterocycles. The van der Waals surface area contributed by atoms with Gasteiger partial charge in [-0.1, -0.05) is 18.2 Å². The summed E-state index contributed by atoms with van der Waals surface area (Å²) < 4.78 is 39.9. The number of hydrogen-bond acceptors (Lipinski definition) is 4. The largest absolute Gasteiger partial charge is 0.314 e. The molecule has 1 fully saturated rings. The predicted molar refractivity (Wildman–Crippen MR) is 106 cm³/mol. The molecule has 0 spiro atoms. The van der Waals surface area contributed by atoms with Crippen LogP contribution in [0.15, 0.2) is 59.5 Å². The molecule has 1 amide bonds. The van der Waals surface area contributed by atoms with Crippen LogP contribution in [0.5, 0.6) is 0 Å². The van der Waals surface area contributed by atoms with Crippen LogP contribution in [0.2, 0.25) is 0 Å². The zero-order valence-corrected chi connectivity index (χ0v) is 16.8. The minimum Gasteiger partial charge on any atom is -0.314 e. The Kier molecular flexibility index (Phi) is 6.12. The van der Waals surface area contributed by atoms with Crippen LogP contribution in [0.25, 0.3) is 0 Å². The molecule has 150 valence electrons. The molecule has 0 unspecified atom stereocenters. The van der Waals surface area contributed by atoms with Crippen molar-refractivity contribution in [2.24, 2.45) is 0 Å². The molecule has 0 aromatic heterocycles. The van der Waals surface area contributed by atoms with Crippen molar-refractivity contribution < 1.29 is 17.6 Å². The number of amides is 1. The van der Waals surface area contributed by atoms with E-state index in [9.17, 15) is 17.6 Å². The van der Waals surface area contributed by atoms with E-state index in [2.05, 4.69) is 0 Å². The zero-order chi connectivity index (χ0) is 20.3. The van der Waals surface area contributed by atoms with Crippen LogP contribution in [0.1, 0.15) is 6.92 Å². The average molecular weight is 405 g/mol. The fourth-order valence-electron chi connectivity index (χ4n) is 3.30. The summed E-state index contributed by atoms with van der Waals surface area (Å²) >= 11 is 0. The zero-order valence-electron chi connectivity index (χ0n) is 16.0. The van der Waals surface area contributed by atoms with Gasteiger partial charge < -0.3 is 4.90 Å². The molecule has 0 bridgehead atoms. The molecule has 0 aliphatic carbocycles. The molecule has 1 aliphatic rings.